The van der Waals surface area contributed by atoms with E-state index in [1.165, 1.54) is 5.56 Å². The molecule has 21 heavy (non-hydrogen) atoms. The van der Waals surface area contributed by atoms with Crippen molar-refractivity contribution in [2.24, 2.45) is 0 Å². The van der Waals surface area contributed by atoms with Crippen LogP contribution in [0.15, 0.2) is 18.2 Å². The second-order valence-electron chi connectivity index (χ2n) is 6.57. The van der Waals surface area contributed by atoms with Gasteiger partial charge in [-0.05, 0) is 46.2 Å². The first kappa shape index (κ1) is 16.2. The average Bonchev–Trinajstić information content (AvgIpc) is 2.75. The summed E-state index contributed by atoms with van der Waals surface area (Å²) in [5.74, 6) is 1.81. The molecule has 0 bridgehead atoms. The van der Waals surface area contributed by atoms with Gasteiger partial charge in [0.25, 0.3) is 0 Å². The molecule has 0 saturated heterocycles. The predicted octanol–water partition coefficient (Wildman–Crippen LogP) is 3.95. The van der Waals surface area contributed by atoms with Crippen molar-refractivity contribution in [2.75, 3.05) is 6.54 Å². The molecule has 2 unspecified atom stereocenters. The highest BCUT2D eigenvalue weighted by Crippen LogP contribution is 2.42. The number of ether oxygens (including phenoxy) is 2. The van der Waals surface area contributed by atoms with Gasteiger partial charge in [0.15, 0.2) is 11.5 Å². The van der Waals surface area contributed by atoms with Gasteiger partial charge in [-0.1, -0.05) is 26.0 Å². The molecule has 1 heterocycles. The summed E-state index contributed by atoms with van der Waals surface area (Å²) >= 11 is 0. The van der Waals surface area contributed by atoms with Gasteiger partial charge >= 0.3 is 0 Å². The van der Waals surface area contributed by atoms with Crippen LogP contribution in [0.1, 0.15) is 53.0 Å². The molecule has 1 aromatic rings. The van der Waals surface area contributed by atoms with E-state index in [0.29, 0.717) is 6.04 Å². The highest BCUT2D eigenvalue weighted by molar-refractivity contribution is 5.50. The van der Waals surface area contributed by atoms with Gasteiger partial charge < -0.3 is 14.8 Å². The Balaban J connectivity index is 2.09. The zero-order chi connectivity index (χ0) is 15.5. The molecular weight excluding hydrogens is 262 g/mol. The number of rotatable bonds is 7. The lowest BCUT2D eigenvalue weighted by Crippen LogP contribution is -2.41. The van der Waals surface area contributed by atoms with Crippen molar-refractivity contribution in [3.63, 3.8) is 0 Å². The van der Waals surface area contributed by atoms with Gasteiger partial charge in [0.05, 0.1) is 0 Å². The molecule has 0 amide bonds. The summed E-state index contributed by atoms with van der Waals surface area (Å²) in [5.41, 5.74) is 1.12. The topological polar surface area (TPSA) is 30.5 Å². The van der Waals surface area contributed by atoms with Crippen molar-refractivity contribution in [1.82, 2.24) is 5.32 Å². The van der Waals surface area contributed by atoms with E-state index in [1.54, 1.807) is 0 Å². The van der Waals surface area contributed by atoms with E-state index in [2.05, 4.69) is 52.1 Å². The molecule has 2 rings (SSSR count). The van der Waals surface area contributed by atoms with E-state index in [4.69, 9.17) is 9.47 Å². The summed E-state index contributed by atoms with van der Waals surface area (Å²) in [6.45, 7) is 11.8. The van der Waals surface area contributed by atoms with Crippen LogP contribution in [0.3, 0.4) is 0 Å². The Hall–Kier alpha value is -1.22. The van der Waals surface area contributed by atoms with Gasteiger partial charge in [-0.3, -0.25) is 0 Å². The number of benzene rings is 1. The van der Waals surface area contributed by atoms with E-state index >= 15 is 0 Å². The molecule has 3 heteroatoms. The standard InChI is InChI=1S/C18H29NO2/c1-6-11-19-15(7-2)13(3)20-16-10-8-9-14-12-18(4,5)21-17(14)16/h8-10,13,15,19H,6-7,11-12H2,1-5H3. The van der Waals surface area contributed by atoms with Crippen molar-refractivity contribution in [1.29, 1.82) is 0 Å². The fourth-order valence-electron chi connectivity index (χ4n) is 2.93. The molecule has 3 nitrogen and oxygen atoms in total. The van der Waals surface area contributed by atoms with Gasteiger partial charge in [-0.25, -0.2) is 0 Å². The molecule has 118 valence electrons. The average molecular weight is 291 g/mol. The van der Waals surface area contributed by atoms with Crippen LogP contribution in [0, 0.1) is 0 Å². The summed E-state index contributed by atoms with van der Waals surface area (Å²) < 4.78 is 12.3. The summed E-state index contributed by atoms with van der Waals surface area (Å²) in [7, 11) is 0. The number of hydrogen-bond donors (Lipinski definition) is 1. The summed E-state index contributed by atoms with van der Waals surface area (Å²) in [6.07, 6.45) is 3.27. The zero-order valence-electron chi connectivity index (χ0n) is 14.0. The molecule has 0 saturated carbocycles. The molecule has 1 N–H and O–H groups in total. The first-order valence-electron chi connectivity index (χ1n) is 8.17. The van der Waals surface area contributed by atoms with Gasteiger partial charge in [-0.2, -0.15) is 0 Å². The normalized spacial score (nSPS) is 18.7. The highest BCUT2D eigenvalue weighted by Gasteiger charge is 2.32. The van der Waals surface area contributed by atoms with Crippen LogP contribution in [0.25, 0.3) is 0 Å². The van der Waals surface area contributed by atoms with Crippen LogP contribution in [-0.2, 0) is 6.42 Å². The van der Waals surface area contributed by atoms with Crippen molar-refractivity contribution < 1.29 is 9.47 Å². The molecule has 0 fully saturated rings. The van der Waals surface area contributed by atoms with Gasteiger partial charge in [-0.15, -0.1) is 0 Å². The Labute approximate surface area is 129 Å². The lowest BCUT2D eigenvalue weighted by atomic mass is 10.0. The fourth-order valence-corrected chi connectivity index (χ4v) is 2.93. The van der Waals surface area contributed by atoms with Gasteiger partial charge in [0, 0.05) is 18.0 Å². The summed E-state index contributed by atoms with van der Waals surface area (Å²) in [6, 6.07) is 6.58. The van der Waals surface area contributed by atoms with E-state index in [9.17, 15) is 0 Å². The van der Waals surface area contributed by atoms with Crippen LogP contribution in [0.5, 0.6) is 11.5 Å². The highest BCUT2D eigenvalue weighted by atomic mass is 16.5. The molecule has 1 aliphatic rings. The number of nitrogens with one attached hydrogen (secondary N) is 1. The molecule has 1 aliphatic heterocycles. The van der Waals surface area contributed by atoms with Crippen molar-refractivity contribution in [2.45, 2.75) is 71.6 Å². The van der Waals surface area contributed by atoms with Crippen LogP contribution in [-0.4, -0.2) is 24.3 Å². The monoisotopic (exact) mass is 291 g/mol. The van der Waals surface area contributed by atoms with E-state index in [1.807, 2.05) is 6.07 Å². The van der Waals surface area contributed by atoms with Crippen molar-refractivity contribution in [3.05, 3.63) is 23.8 Å². The largest absolute Gasteiger partial charge is 0.485 e. The molecule has 2 atom stereocenters. The molecule has 0 radical (unpaired) electrons. The summed E-state index contributed by atoms with van der Waals surface area (Å²) in [5, 5.41) is 3.56. The lowest BCUT2D eigenvalue weighted by molar-refractivity contribution is 0.119. The molecule has 0 aromatic heterocycles. The quantitative estimate of drug-likeness (QED) is 0.825. The first-order valence-corrected chi connectivity index (χ1v) is 8.17. The third kappa shape index (κ3) is 3.91. The van der Waals surface area contributed by atoms with Gasteiger partial charge in [0.2, 0.25) is 0 Å². The Bertz CT molecular complexity index is 470. The van der Waals surface area contributed by atoms with E-state index < -0.39 is 0 Å². The molecule has 0 spiro atoms. The number of fused-ring (bicyclic) bond motifs is 1. The first-order chi connectivity index (χ1) is 9.96. The summed E-state index contributed by atoms with van der Waals surface area (Å²) in [4.78, 5) is 0. The van der Waals surface area contributed by atoms with Crippen LogP contribution >= 0.6 is 0 Å². The molecule has 1 aromatic carbocycles. The maximum Gasteiger partial charge on any atom is 0.165 e. The van der Waals surface area contributed by atoms with Crippen molar-refractivity contribution in [3.8, 4) is 11.5 Å². The van der Waals surface area contributed by atoms with Crippen LogP contribution < -0.4 is 14.8 Å². The minimum atomic E-state index is -0.129. The lowest BCUT2D eigenvalue weighted by Gasteiger charge is -2.26. The third-order valence-corrected chi connectivity index (χ3v) is 4.03. The predicted molar refractivity (Wildman–Crippen MR) is 87.3 cm³/mol. The Kier molecular flexibility index (Phi) is 5.15. The van der Waals surface area contributed by atoms with Crippen molar-refractivity contribution >= 4 is 0 Å². The molecular formula is C18H29NO2. The number of para-hydroxylation sites is 1. The smallest absolute Gasteiger partial charge is 0.165 e. The zero-order valence-corrected chi connectivity index (χ0v) is 14.0. The fraction of sp³-hybridized carbons (Fsp3) is 0.667. The molecule has 0 aliphatic carbocycles. The van der Waals surface area contributed by atoms with Crippen LogP contribution in [0.2, 0.25) is 0 Å². The number of hydrogen-bond acceptors (Lipinski definition) is 3. The Morgan fingerprint density at radius 3 is 2.76 bits per heavy atom. The minimum Gasteiger partial charge on any atom is -0.485 e. The SMILES string of the molecule is CCCNC(CC)C(C)Oc1cccc2c1OC(C)(C)C2. The van der Waals surface area contributed by atoms with E-state index in [-0.39, 0.29) is 11.7 Å². The van der Waals surface area contributed by atoms with Crippen LogP contribution in [0.4, 0.5) is 0 Å². The maximum atomic E-state index is 6.21. The van der Waals surface area contributed by atoms with E-state index in [0.717, 1.165) is 37.3 Å². The Morgan fingerprint density at radius 2 is 2.10 bits per heavy atom. The Morgan fingerprint density at radius 1 is 1.33 bits per heavy atom. The second kappa shape index (κ2) is 6.69. The van der Waals surface area contributed by atoms with Gasteiger partial charge in [0.1, 0.15) is 11.7 Å². The minimum absolute atomic E-state index is 0.125. The second-order valence-corrected chi connectivity index (χ2v) is 6.57. The maximum absolute atomic E-state index is 6.21. The third-order valence-electron chi connectivity index (χ3n) is 4.03.